The Morgan fingerprint density at radius 2 is 2.00 bits per heavy atom. The summed E-state index contributed by atoms with van der Waals surface area (Å²) >= 11 is 0. The summed E-state index contributed by atoms with van der Waals surface area (Å²) in [5.74, 6) is -0.696. The minimum Gasteiger partial charge on any atom is -0.433 e. The average Bonchev–Trinajstić information content (AvgIpc) is 2.17. The predicted molar refractivity (Wildman–Crippen MR) is 55.8 cm³/mol. The molecule has 0 aliphatic carbocycles. The highest BCUT2D eigenvalue weighted by molar-refractivity contribution is 7.89. The van der Waals surface area contributed by atoms with Crippen LogP contribution in [0.25, 0.3) is 0 Å². The topological polar surface area (TPSA) is 113 Å². The number of hydrogen-bond donors (Lipinski definition) is 1. The number of primary sulfonamides is 1. The highest BCUT2D eigenvalue weighted by Crippen LogP contribution is 2.32. The van der Waals surface area contributed by atoms with Crippen LogP contribution in [0.4, 0.5) is 14.5 Å². The molecule has 0 saturated carbocycles. The van der Waals surface area contributed by atoms with Crippen LogP contribution in [-0.2, 0) is 10.0 Å². The number of nitro groups is 1. The third-order valence-electron chi connectivity index (χ3n) is 1.95. The van der Waals surface area contributed by atoms with Gasteiger partial charge in [0.2, 0.25) is 10.0 Å². The van der Waals surface area contributed by atoms with Crippen LogP contribution in [0.5, 0.6) is 5.75 Å². The van der Waals surface area contributed by atoms with Crippen LogP contribution in [0.3, 0.4) is 0 Å². The summed E-state index contributed by atoms with van der Waals surface area (Å²) in [5, 5.41) is 15.3. The SMILES string of the molecule is Cc1cc([N+](=O)[O-])cc(S(N)(=O)=O)c1OC(F)F. The Morgan fingerprint density at radius 3 is 2.39 bits per heavy atom. The number of aryl methyl sites for hydroxylation is 1. The maximum atomic E-state index is 12.1. The lowest BCUT2D eigenvalue weighted by atomic mass is 10.2. The van der Waals surface area contributed by atoms with Crippen LogP contribution in [0.1, 0.15) is 5.56 Å². The van der Waals surface area contributed by atoms with Gasteiger partial charge in [-0.15, -0.1) is 0 Å². The first-order valence-corrected chi connectivity index (χ1v) is 5.94. The van der Waals surface area contributed by atoms with Crippen LogP contribution in [0, 0.1) is 17.0 Å². The molecule has 0 unspecified atom stereocenters. The fourth-order valence-electron chi connectivity index (χ4n) is 1.28. The Hall–Kier alpha value is -1.81. The third-order valence-corrected chi connectivity index (χ3v) is 2.87. The van der Waals surface area contributed by atoms with E-state index in [0.717, 1.165) is 6.07 Å². The molecule has 1 rings (SSSR count). The van der Waals surface area contributed by atoms with Gasteiger partial charge in [-0.25, -0.2) is 13.6 Å². The largest absolute Gasteiger partial charge is 0.433 e. The summed E-state index contributed by atoms with van der Waals surface area (Å²) in [6.07, 6.45) is 0. The molecule has 0 radical (unpaired) electrons. The Bertz CT molecular complexity index is 587. The minimum absolute atomic E-state index is 0.131. The second kappa shape index (κ2) is 4.82. The molecular formula is C8H8F2N2O5S. The highest BCUT2D eigenvalue weighted by atomic mass is 32.2. The van der Waals surface area contributed by atoms with Crippen molar-refractivity contribution in [1.29, 1.82) is 0 Å². The number of rotatable bonds is 4. The van der Waals surface area contributed by atoms with E-state index in [1.54, 1.807) is 0 Å². The number of non-ortho nitro benzene ring substituents is 1. The molecule has 0 spiro atoms. The molecule has 1 aromatic rings. The zero-order chi connectivity index (χ0) is 14.1. The van der Waals surface area contributed by atoms with Crippen LogP contribution < -0.4 is 9.88 Å². The van der Waals surface area contributed by atoms with Crippen molar-refractivity contribution in [2.75, 3.05) is 0 Å². The zero-order valence-electron chi connectivity index (χ0n) is 8.96. The molecule has 0 aliphatic heterocycles. The van der Waals surface area contributed by atoms with E-state index in [9.17, 15) is 27.3 Å². The number of nitrogens with two attached hydrogens (primary N) is 1. The Balaban J connectivity index is 3.55. The first-order valence-electron chi connectivity index (χ1n) is 4.39. The van der Waals surface area contributed by atoms with Gasteiger partial charge in [0.15, 0.2) is 0 Å². The molecule has 100 valence electrons. The van der Waals surface area contributed by atoms with Gasteiger partial charge in [0.1, 0.15) is 10.6 Å². The van der Waals surface area contributed by atoms with Gasteiger partial charge in [-0.05, 0) is 12.5 Å². The molecule has 0 fully saturated rings. The van der Waals surface area contributed by atoms with Gasteiger partial charge >= 0.3 is 6.61 Å². The van der Waals surface area contributed by atoms with Gasteiger partial charge in [-0.1, -0.05) is 0 Å². The smallest absolute Gasteiger partial charge is 0.387 e. The predicted octanol–water partition coefficient (Wildman–Crippen LogP) is 1.15. The van der Waals surface area contributed by atoms with Crippen molar-refractivity contribution in [3.63, 3.8) is 0 Å². The Morgan fingerprint density at radius 1 is 1.44 bits per heavy atom. The van der Waals surface area contributed by atoms with Crippen LogP contribution in [-0.4, -0.2) is 20.0 Å². The molecule has 18 heavy (non-hydrogen) atoms. The fourth-order valence-corrected chi connectivity index (χ4v) is 2.03. The number of benzene rings is 1. The lowest BCUT2D eigenvalue weighted by Crippen LogP contribution is -2.16. The van der Waals surface area contributed by atoms with E-state index in [2.05, 4.69) is 4.74 Å². The molecule has 7 nitrogen and oxygen atoms in total. The number of halogens is 2. The average molecular weight is 282 g/mol. The summed E-state index contributed by atoms with van der Waals surface area (Å²) in [5.41, 5.74) is -0.716. The zero-order valence-corrected chi connectivity index (χ0v) is 9.78. The number of nitrogens with zero attached hydrogens (tertiary/aromatic N) is 1. The first-order chi connectivity index (χ1) is 8.12. The molecule has 0 aromatic heterocycles. The number of sulfonamides is 1. The van der Waals surface area contributed by atoms with E-state index in [-0.39, 0.29) is 5.56 Å². The molecule has 0 heterocycles. The maximum Gasteiger partial charge on any atom is 0.387 e. The molecule has 0 amide bonds. The van der Waals surface area contributed by atoms with E-state index in [0.29, 0.717) is 6.07 Å². The van der Waals surface area contributed by atoms with E-state index in [1.807, 2.05) is 0 Å². The quantitative estimate of drug-likeness (QED) is 0.657. The van der Waals surface area contributed by atoms with Gasteiger partial charge in [-0.3, -0.25) is 10.1 Å². The van der Waals surface area contributed by atoms with Gasteiger partial charge in [0.25, 0.3) is 5.69 Å². The van der Waals surface area contributed by atoms with Crippen molar-refractivity contribution < 1.29 is 26.9 Å². The van der Waals surface area contributed by atoms with Gasteiger partial charge in [0.05, 0.1) is 4.92 Å². The second-order valence-corrected chi connectivity index (χ2v) is 4.80. The lowest BCUT2D eigenvalue weighted by Gasteiger charge is -2.11. The summed E-state index contributed by atoms with van der Waals surface area (Å²) in [6, 6.07) is 1.48. The molecule has 1 aromatic carbocycles. The van der Waals surface area contributed by atoms with Crippen molar-refractivity contribution >= 4 is 15.7 Å². The van der Waals surface area contributed by atoms with Crippen molar-refractivity contribution in [1.82, 2.24) is 0 Å². The molecule has 0 aliphatic rings. The molecular weight excluding hydrogens is 274 g/mol. The van der Waals surface area contributed by atoms with Crippen molar-refractivity contribution in [3.8, 4) is 5.75 Å². The Labute approximate surface area is 100 Å². The summed E-state index contributed by atoms with van der Waals surface area (Å²) in [4.78, 5) is 8.83. The molecule has 0 saturated heterocycles. The minimum atomic E-state index is -4.42. The molecule has 2 N–H and O–H groups in total. The lowest BCUT2D eigenvalue weighted by molar-refractivity contribution is -0.385. The summed E-state index contributed by atoms with van der Waals surface area (Å²) < 4.78 is 50.7. The van der Waals surface area contributed by atoms with Crippen molar-refractivity contribution in [2.45, 2.75) is 18.4 Å². The molecule has 0 atom stereocenters. The second-order valence-electron chi connectivity index (χ2n) is 3.27. The van der Waals surface area contributed by atoms with E-state index >= 15 is 0 Å². The monoisotopic (exact) mass is 282 g/mol. The van der Waals surface area contributed by atoms with Crippen LogP contribution in [0.15, 0.2) is 17.0 Å². The number of ether oxygens (including phenoxy) is 1. The normalized spacial score (nSPS) is 11.6. The Kier molecular flexibility index (Phi) is 3.82. The standard InChI is InChI=1S/C8H8F2N2O5S/c1-4-2-5(12(13)14)3-6(18(11,15)16)7(4)17-8(9)10/h2-3,8H,1H3,(H2,11,15,16). The van der Waals surface area contributed by atoms with Gasteiger partial charge in [-0.2, -0.15) is 8.78 Å². The number of alkyl halides is 2. The first kappa shape index (κ1) is 14.3. The molecule has 10 heteroatoms. The van der Waals surface area contributed by atoms with Gasteiger partial charge < -0.3 is 4.74 Å². The van der Waals surface area contributed by atoms with E-state index < -0.39 is 37.9 Å². The van der Waals surface area contributed by atoms with E-state index in [4.69, 9.17) is 5.14 Å². The third kappa shape index (κ3) is 3.11. The van der Waals surface area contributed by atoms with Crippen LogP contribution in [0.2, 0.25) is 0 Å². The maximum absolute atomic E-state index is 12.1. The summed E-state index contributed by atoms with van der Waals surface area (Å²) in [6.45, 7) is -2.08. The van der Waals surface area contributed by atoms with Gasteiger partial charge in [0, 0.05) is 12.1 Å². The van der Waals surface area contributed by atoms with Crippen molar-refractivity contribution in [3.05, 3.63) is 27.8 Å². The van der Waals surface area contributed by atoms with E-state index in [1.165, 1.54) is 6.92 Å². The number of nitro benzene ring substituents is 1. The number of hydrogen-bond acceptors (Lipinski definition) is 5. The fraction of sp³-hybridized carbons (Fsp3) is 0.250. The molecule has 0 bridgehead atoms. The van der Waals surface area contributed by atoms with Crippen molar-refractivity contribution in [2.24, 2.45) is 5.14 Å². The van der Waals surface area contributed by atoms with Crippen LogP contribution >= 0.6 is 0 Å². The highest BCUT2D eigenvalue weighted by Gasteiger charge is 2.24. The summed E-state index contributed by atoms with van der Waals surface area (Å²) in [7, 11) is -4.42.